The summed E-state index contributed by atoms with van der Waals surface area (Å²) in [4.78, 5) is 13.9. The molecule has 2 aliphatic rings. The lowest BCUT2D eigenvalue weighted by Crippen LogP contribution is -2.54. The zero-order chi connectivity index (χ0) is 13.4. The maximum absolute atomic E-state index is 12.1. The first-order valence-electron chi connectivity index (χ1n) is 6.57. The van der Waals surface area contributed by atoms with E-state index in [1.807, 2.05) is 11.8 Å². The number of hydrogen-bond acceptors (Lipinski definition) is 3. The molecule has 2 heterocycles. The van der Waals surface area contributed by atoms with E-state index in [0.29, 0.717) is 12.3 Å². The van der Waals surface area contributed by atoms with Crippen LogP contribution in [0.5, 0.6) is 0 Å². The molecule has 2 aliphatic heterocycles. The lowest BCUT2D eigenvalue weighted by Gasteiger charge is -2.34. The van der Waals surface area contributed by atoms with Gasteiger partial charge in [0.15, 0.2) is 9.84 Å². The second-order valence-corrected chi connectivity index (χ2v) is 8.21. The minimum absolute atomic E-state index is 0.0646. The maximum Gasteiger partial charge on any atom is 0.317 e. The van der Waals surface area contributed by atoms with Crippen molar-refractivity contribution >= 4 is 15.9 Å². The van der Waals surface area contributed by atoms with Crippen LogP contribution in [0.25, 0.3) is 0 Å². The SMILES string of the molecule is CC1CCCN(C(=O)NC2(C)CCS(=O)(=O)C2)C1. The van der Waals surface area contributed by atoms with Gasteiger partial charge in [0.05, 0.1) is 17.0 Å². The van der Waals surface area contributed by atoms with Gasteiger partial charge in [-0.3, -0.25) is 0 Å². The number of likely N-dealkylation sites (tertiary alicyclic amines) is 1. The number of piperidine rings is 1. The summed E-state index contributed by atoms with van der Waals surface area (Å²) in [7, 11) is -2.97. The fourth-order valence-electron chi connectivity index (χ4n) is 2.82. The molecule has 18 heavy (non-hydrogen) atoms. The fourth-order valence-corrected chi connectivity index (χ4v) is 4.91. The van der Waals surface area contributed by atoms with E-state index in [9.17, 15) is 13.2 Å². The molecule has 2 saturated heterocycles. The molecular weight excluding hydrogens is 252 g/mol. The Morgan fingerprint density at radius 2 is 2.17 bits per heavy atom. The van der Waals surface area contributed by atoms with Crippen LogP contribution in [0.2, 0.25) is 0 Å². The van der Waals surface area contributed by atoms with Gasteiger partial charge in [-0.1, -0.05) is 6.92 Å². The second kappa shape index (κ2) is 4.72. The highest BCUT2D eigenvalue weighted by Crippen LogP contribution is 2.24. The highest BCUT2D eigenvalue weighted by atomic mass is 32.2. The van der Waals surface area contributed by atoms with Crippen molar-refractivity contribution in [1.29, 1.82) is 0 Å². The summed E-state index contributed by atoms with van der Waals surface area (Å²) >= 11 is 0. The van der Waals surface area contributed by atoms with Crippen molar-refractivity contribution in [3.8, 4) is 0 Å². The Morgan fingerprint density at radius 3 is 2.72 bits per heavy atom. The van der Waals surface area contributed by atoms with Gasteiger partial charge in [0.25, 0.3) is 0 Å². The molecule has 2 amide bonds. The quantitative estimate of drug-likeness (QED) is 0.776. The number of carbonyl (C=O) groups is 1. The second-order valence-electron chi connectivity index (χ2n) is 6.03. The normalized spacial score (nSPS) is 35.4. The third-order valence-corrected chi connectivity index (χ3v) is 5.76. The largest absolute Gasteiger partial charge is 0.332 e. The van der Waals surface area contributed by atoms with Crippen LogP contribution in [0.3, 0.4) is 0 Å². The Hall–Kier alpha value is -0.780. The van der Waals surface area contributed by atoms with Gasteiger partial charge in [0.2, 0.25) is 0 Å². The maximum atomic E-state index is 12.1. The van der Waals surface area contributed by atoms with Crippen LogP contribution >= 0.6 is 0 Å². The third kappa shape index (κ3) is 3.16. The van der Waals surface area contributed by atoms with Gasteiger partial charge >= 0.3 is 6.03 Å². The van der Waals surface area contributed by atoms with Crippen molar-refractivity contribution in [3.05, 3.63) is 0 Å². The summed E-state index contributed by atoms with van der Waals surface area (Å²) < 4.78 is 23.0. The zero-order valence-corrected chi connectivity index (χ0v) is 11.9. The molecule has 2 unspecified atom stereocenters. The molecule has 5 nitrogen and oxygen atoms in total. The summed E-state index contributed by atoms with van der Waals surface area (Å²) in [6, 6.07) is -0.110. The summed E-state index contributed by atoms with van der Waals surface area (Å²) in [5.41, 5.74) is -0.587. The molecule has 104 valence electrons. The first kappa shape index (κ1) is 13.6. The molecule has 2 fully saturated rings. The molecule has 0 bridgehead atoms. The lowest BCUT2D eigenvalue weighted by atomic mass is 10.00. The highest BCUT2D eigenvalue weighted by molar-refractivity contribution is 7.91. The predicted molar refractivity (Wildman–Crippen MR) is 70.2 cm³/mol. The average Bonchev–Trinajstić information content (AvgIpc) is 2.52. The lowest BCUT2D eigenvalue weighted by molar-refractivity contribution is 0.161. The van der Waals surface area contributed by atoms with Gasteiger partial charge in [-0.15, -0.1) is 0 Å². The summed E-state index contributed by atoms with van der Waals surface area (Å²) in [6.07, 6.45) is 2.71. The van der Waals surface area contributed by atoms with Crippen LogP contribution in [-0.4, -0.2) is 49.5 Å². The standard InChI is InChI=1S/C12H22N2O3S/c1-10-4-3-6-14(8-10)11(15)13-12(2)5-7-18(16,17)9-12/h10H,3-9H2,1-2H3,(H,13,15). The molecule has 1 N–H and O–H groups in total. The molecule has 0 aliphatic carbocycles. The van der Waals surface area contributed by atoms with Gasteiger partial charge in [-0.25, -0.2) is 13.2 Å². The van der Waals surface area contributed by atoms with E-state index in [1.54, 1.807) is 0 Å². The Morgan fingerprint density at radius 1 is 1.44 bits per heavy atom. The van der Waals surface area contributed by atoms with E-state index in [2.05, 4.69) is 12.2 Å². The Bertz CT molecular complexity index is 435. The smallest absolute Gasteiger partial charge is 0.317 e. The molecule has 6 heteroatoms. The number of urea groups is 1. The van der Waals surface area contributed by atoms with Gasteiger partial charge < -0.3 is 10.2 Å². The Balaban J connectivity index is 1.95. The van der Waals surface area contributed by atoms with Gasteiger partial charge in [0.1, 0.15) is 0 Å². The molecule has 0 aromatic carbocycles. The Labute approximate surface area is 109 Å². The number of nitrogens with zero attached hydrogens (tertiary/aromatic N) is 1. The van der Waals surface area contributed by atoms with E-state index < -0.39 is 15.4 Å². The first-order valence-corrected chi connectivity index (χ1v) is 8.39. The monoisotopic (exact) mass is 274 g/mol. The van der Waals surface area contributed by atoms with E-state index in [0.717, 1.165) is 25.9 Å². The van der Waals surface area contributed by atoms with Crippen molar-refractivity contribution in [3.63, 3.8) is 0 Å². The van der Waals surface area contributed by atoms with Gasteiger partial charge in [-0.2, -0.15) is 0 Å². The Kier molecular flexibility index (Phi) is 3.58. The summed E-state index contributed by atoms with van der Waals surface area (Å²) in [5, 5.41) is 2.91. The van der Waals surface area contributed by atoms with Crippen molar-refractivity contribution in [2.45, 2.75) is 38.6 Å². The number of hydrogen-bond donors (Lipinski definition) is 1. The fraction of sp³-hybridized carbons (Fsp3) is 0.917. The van der Waals surface area contributed by atoms with E-state index >= 15 is 0 Å². The van der Waals surface area contributed by atoms with Gasteiger partial charge in [0, 0.05) is 13.1 Å². The van der Waals surface area contributed by atoms with E-state index in [-0.39, 0.29) is 17.5 Å². The van der Waals surface area contributed by atoms with Gasteiger partial charge in [-0.05, 0) is 32.1 Å². The molecule has 0 saturated carbocycles. The molecule has 0 aromatic rings. The third-order valence-electron chi connectivity index (χ3n) is 3.86. The predicted octanol–water partition coefficient (Wildman–Crippen LogP) is 1.01. The van der Waals surface area contributed by atoms with Crippen LogP contribution in [0.4, 0.5) is 4.79 Å². The van der Waals surface area contributed by atoms with Crippen molar-refractivity contribution in [1.82, 2.24) is 10.2 Å². The van der Waals surface area contributed by atoms with Crippen LogP contribution < -0.4 is 5.32 Å². The molecule has 2 atom stereocenters. The van der Waals surface area contributed by atoms with Crippen molar-refractivity contribution in [2.75, 3.05) is 24.6 Å². The topological polar surface area (TPSA) is 66.5 Å². The molecular formula is C12H22N2O3S. The van der Waals surface area contributed by atoms with E-state index in [1.165, 1.54) is 0 Å². The van der Waals surface area contributed by atoms with E-state index in [4.69, 9.17) is 0 Å². The van der Waals surface area contributed by atoms with Crippen LogP contribution in [0.15, 0.2) is 0 Å². The van der Waals surface area contributed by atoms with Crippen LogP contribution in [0.1, 0.15) is 33.1 Å². The van der Waals surface area contributed by atoms with Crippen molar-refractivity contribution in [2.24, 2.45) is 5.92 Å². The first-order chi connectivity index (χ1) is 8.30. The average molecular weight is 274 g/mol. The molecule has 0 radical (unpaired) electrons. The molecule has 2 rings (SSSR count). The summed E-state index contributed by atoms with van der Waals surface area (Å²) in [5.74, 6) is 0.777. The highest BCUT2D eigenvalue weighted by Gasteiger charge is 2.40. The summed E-state index contributed by atoms with van der Waals surface area (Å²) in [6.45, 7) is 5.51. The number of amides is 2. The van der Waals surface area contributed by atoms with Crippen molar-refractivity contribution < 1.29 is 13.2 Å². The van der Waals surface area contributed by atoms with Crippen LogP contribution in [-0.2, 0) is 9.84 Å². The molecule has 0 spiro atoms. The minimum atomic E-state index is -2.97. The molecule has 0 aromatic heterocycles. The number of nitrogens with one attached hydrogen (secondary N) is 1. The van der Waals surface area contributed by atoms with Crippen LogP contribution in [0, 0.1) is 5.92 Å². The minimum Gasteiger partial charge on any atom is -0.332 e. The number of sulfone groups is 1. The number of carbonyl (C=O) groups excluding carboxylic acids is 1. The number of rotatable bonds is 1. The zero-order valence-electron chi connectivity index (χ0n) is 11.1.